The molecule has 1 aromatic heterocycles. The fourth-order valence-corrected chi connectivity index (χ4v) is 1.51. The lowest BCUT2D eigenvalue weighted by Gasteiger charge is -1.98. The molecule has 0 fully saturated rings. The van der Waals surface area contributed by atoms with Crippen molar-refractivity contribution in [2.45, 2.75) is 0 Å². The molecule has 0 aliphatic carbocycles. The topological polar surface area (TPSA) is 54.4 Å². The fraction of sp³-hybridized carbons (Fsp3) is 0. The van der Waals surface area contributed by atoms with Crippen molar-refractivity contribution in [3.05, 3.63) is 64.9 Å². The van der Waals surface area contributed by atoms with Gasteiger partial charge in [0.2, 0.25) is 0 Å². The molecule has 5 heteroatoms. The highest BCUT2D eigenvalue weighted by molar-refractivity contribution is 6.30. The monoisotopic (exact) mass is 259 g/mol. The third-order valence-electron chi connectivity index (χ3n) is 2.13. The van der Waals surface area contributed by atoms with Crippen LogP contribution in [0.25, 0.3) is 0 Å². The maximum atomic E-state index is 11.6. The zero-order valence-corrected chi connectivity index (χ0v) is 10.1. The van der Waals surface area contributed by atoms with Crippen molar-refractivity contribution in [3.63, 3.8) is 0 Å². The lowest BCUT2D eigenvalue weighted by atomic mass is 10.2. The highest BCUT2D eigenvalue weighted by Crippen LogP contribution is 2.08. The van der Waals surface area contributed by atoms with Crippen molar-refractivity contribution in [3.8, 4) is 0 Å². The zero-order chi connectivity index (χ0) is 12.8. The third-order valence-corrected chi connectivity index (χ3v) is 2.36. The van der Waals surface area contributed by atoms with Crippen LogP contribution in [0.2, 0.25) is 5.02 Å². The Morgan fingerprint density at radius 3 is 2.89 bits per heavy atom. The minimum absolute atomic E-state index is 0.320. The van der Waals surface area contributed by atoms with Crippen molar-refractivity contribution in [2.24, 2.45) is 5.10 Å². The molecule has 0 radical (unpaired) electrons. The van der Waals surface area contributed by atoms with E-state index >= 15 is 0 Å². The quantitative estimate of drug-likeness (QED) is 0.680. The average Bonchev–Trinajstić information content (AvgIpc) is 2.40. The number of hydrogen-bond acceptors (Lipinski definition) is 3. The van der Waals surface area contributed by atoms with Crippen LogP contribution in [0.15, 0.2) is 53.8 Å². The predicted octanol–water partition coefficient (Wildman–Crippen LogP) is 2.50. The van der Waals surface area contributed by atoms with Gasteiger partial charge in [0.15, 0.2) is 0 Å². The number of nitrogens with zero attached hydrogens (tertiary/aromatic N) is 2. The second-order valence-electron chi connectivity index (χ2n) is 3.47. The van der Waals surface area contributed by atoms with Crippen LogP contribution < -0.4 is 5.43 Å². The maximum Gasteiger partial charge on any atom is 0.289 e. The summed E-state index contributed by atoms with van der Waals surface area (Å²) < 4.78 is 0. The van der Waals surface area contributed by atoms with Gasteiger partial charge in [-0.15, -0.1) is 0 Å². The number of rotatable bonds is 3. The number of carbonyl (C=O) groups excluding carboxylic acids is 1. The van der Waals surface area contributed by atoms with E-state index in [0.717, 1.165) is 5.56 Å². The number of aromatic nitrogens is 1. The van der Waals surface area contributed by atoms with Gasteiger partial charge in [-0.3, -0.25) is 9.78 Å². The normalized spacial score (nSPS) is 10.5. The van der Waals surface area contributed by atoms with Gasteiger partial charge in [0, 0.05) is 11.2 Å². The van der Waals surface area contributed by atoms with Crippen LogP contribution in [-0.2, 0) is 0 Å². The molecule has 2 aromatic rings. The molecule has 1 amide bonds. The number of hydrazone groups is 1. The molecule has 18 heavy (non-hydrogen) atoms. The molecule has 2 rings (SSSR count). The van der Waals surface area contributed by atoms with Gasteiger partial charge in [-0.2, -0.15) is 5.10 Å². The van der Waals surface area contributed by atoms with E-state index in [9.17, 15) is 4.79 Å². The van der Waals surface area contributed by atoms with Gasteiger partial charge in [0.05, 0.1) is 6.21 Å². The molecule has 0 saturated carbocycles. The Morgan fingerprint density at radius 2 is 2.17 bits per heavy atom. The van der Waals surface area contributed by atoms with Crippen molar-refractivity contribution in [2.75, 3.05) is 0 Å². The lowest BCUT2D eigenvalue weighted by molar-refractivity contribution is 0.0950. The molecule has 1 aromatic carbocycles. The maximum absolute atomic E-state index is 11.6. The Kier molecular flexibility index (Phi) is 4.04. The second kappa shape index (κ2) is 5.93. The van der Waals surface area contributed by atoms with E-state index in [1.807, 2.05) is 12.1 Å². The van der Waals surface area contributed by atoms with Gasteiger partial charge in [-0.05, 0) is 29.8 Å². The minimum atomic E-state index is -0.353. The molecule has 0 saturated heterocycles. The Balaban J connectivity index is 1.98. The number of hydrogen-bond donors (Lipinski definition) is 1. The van der Waals surface area contributed by atoms with Gasteiger partial charge in [0.1, 0.15) is 5.69 Å². The largest absolute Gasteiger partial charge is 0.289 e. The SMILES string of the molecule is O=C(N/N=C/c1cccc(Cl)c1)c1ccccn1. The molecule has 0 atom stereocenters. The molecule has 4 nitrogen and oxygen atoms in total. The molecular formula is C13H10ClN3O. The first kappa shape index (κ1) is 12.3. The van der Waals surface area contributed by atoms with Crippen molar-refractivity contribution >= 4 is 23.7 Å². The number of carbonyl (C=O) groups is 1. The molecule has 0 bridgehead atoms. The second-order valence-corrected chi connectivity index (χ2v) is 3.91. The summed E-state index contributed by atoms with van der Waals surface area (Å²) in [5.74, 6) is -0.353. The van der Waals surface area contributed by atoms with Gasteiger partial charge in [-0.1, -0.05) is 29.8 Å². The first-order chi connectivity index (χ1) is 8.75. The van der Waals surface area contributed by atoms with E-state index in [4.69, 9.17) is 11.6 Å². The standard InChI is InChI=1S/C13H10ClN3O/c14-11-5-3-4-10(8-11)9-16-17-13(18)12-6-1-2-7-15-12/h1-9H,(H,17,18)/b16-9+. The number of amides is 1. The lowest BCUT2D eigenvalue weighted by Crippen LogP contribution is -2.18. The average molecular weight is 260 g/mol. The molecule has 1 heterocycles. The third kappa shape index (κ3) is 3.40. The Bertz CT molecular complexity index is 569. The number of benzene rings is 1. The van der Waals surface area contributed by atoms with Crippen LogP contribution in [-0.4, -0.2) is 17.1 Å². The highest BCUT2D eigenvalue weighted by atomic mass is 35.5. The first-order valence-electron chi connectivity index (χ1n) is 5.26. The Hall–Kier alpha value is -2.20. The first-order valence-corrected chi connectivity index (χ1v) is 5.63. The van der Waals surface area contributed by atoms with Crippen molar-refractivity contribution in [1.82, 2.24) is 10.4 Å². The minimum Gasteiger partial charge on any atom is -0.266 e. The van der Waals surface area contributed by atoms with Gasteiger partial charge >= 0.3 is 0 Å². The molecule has 0 aliphatic heterocycles. The molecule has 0 spiro atoms. The number of pyridine rings is 1. The van der Waals surface area contributed by atoms with Crippen LogP contribution in [0, 0.1) is 0 Å². The highest BCUT2D eigenvalue weighted by Gasteiger charge is 2.03. The van der Waals surface area contributed by atoms with E-state index < -0.39 is 0 Å². The molecule has 1 N–H and O–H groups in total. The predicted molar refractivity (Wildman–Crippen MR) is 70.7 cm³/mol. The summed E-state index contributed by atoms with van der Waals surface area (Å²) in [7, 11) is 0. The molecule has 90 valence electrons. The summed E-state index contributed by atoms with van der Waals surface area (Å²) in [6.45, 7) is 0. The number of nitrogens with one attached hydrogen (secondary N) is 1. The fourth-order valence-electron chi connectivity index (χ4n) is 1.31. The molecule has 0 unspecified atom stereocenters. The summed E-state index contributed by atoms with van der Waals surface area (Å²) in [5.41, 5.74) is 3.52. The van der Waals surface area contributed by atoms with Crippen LogP contribution in [0.5, 0.6) is 0 Å². The van der Waals surface area contributed by atoms with E-state index in [2.05, 4.69) is 15.5 Å². The smallest absolute Gasteiger partial charge is 0.266 e. The van der Waals surface area contributed by atoms with Crippen LogP contribution in [0.3, 0.4) is 0 Å². The summed E-state index contributed by atoms with van der Waals surface area (Å²) >= 11 is 5.82. The summed E-state index contributed by atoms with van der Waals surface area (Å²) in [6.07, 6.45) is 3.07. The van der Waals surface area contributed by atoms with E-state index in [-0.39, 0.29) is 5.91 Å². The summed E-state index contributed by atoms with van der Waals surface area (Å²) in [6, 6.07) is 12.3. The summed E-state index contributed by atoms with van der Waals surface area (Å²) in [5, 5.41) is 4.46. The molecular weight excluding hydrogens is 250 g/mol. The summed E-state index contributed by atoms with van der Waals surface area (Å²) in [4.78, 5) is 15.5. The Morgan fingerprint density at radius 1 is 1.28 bits per heavy atom. The van der Waals surface area contributed by atoms with Gasteiger partial charge in [0.25, 0.3) is 5.91 Å². The Labute approximate surface area is 109 Å². The van der Waals surface area contributed by atoms with Crippen LogP contribution in [0.4, 0.5) is 0 Å². The van der Waals surface area contributed by atoms with Gasteiger partial charge < -0.3 is 0 Å². The van der Waals surface area contributed by atoms with Crippen molar-refractivity contribution < 1.29 is 4.79 Å². The van der Waals surface area contributed by atoms with E-state index in [1.54, 1.807) is 36.5 Å². The van der Waals surface area contributed by atoms with Crippen LogP contribution in [0.1, 0.15) is 16.1 Å². The molecule has 0 aliphatic rings. The zero-order valence-electron chi connectivity index (χ0n) is 9.38. The van der Waals surface area contributed by atoms with Crippen LogP contribution >= 0.6 is 11.6 Å². The van der Waals surface area contributed by atoms with Crippen molar-refractivity contribution in [1.29, 1.82) is 0 Å². The van der Waals surface area contributed by atoms with E-state index in [0.29, 0.717) is 10.7 Å². The number of halogens is 1. The van der Waals surface area contributed by atoms with Gasteiger partial charge in [-0.25, -0.2) is 5.43 Å². The van der Waals surface area contributed by atoms with E-state index in [1.165, 1.54) is 6.21 Å².